The highest BCUT2D eigenvalue weighted by Crippen LogP contribution is 2.31. The smallest absolute Gasteiger partial charge is 0.415 e. The van der Waals surface area contributed by atoms with Gasteiger partial charge in [-0.25, -0.2) is 10.1 Å². The second-order valence-electron chi connectivity index (χ2n) is 3.64. The van der Waals surface area contributed by atoms with Gasteiger partial charge in [0.1, 0.15) is 12.0 Å². The summed E-state index contributed by atoms with van der Waals surface area (Å²) < 4.78 is 33.3. The number of hydrogen-bond donors (Lipinski definition) is 2. The zero-order chi connectivity index (χ0) is 12.8. The van der Waals surface area contributed by atoms with Crippen molar-refractivity contribution in [1.82, 2.24) is 0 Å². The SMILES string of the molecule is CC(C)(CO)COC(=O)C(F)(F)SOOO. The van der Waals surface area contributed by atoms with Crippen LogP contribution in [-0.2, 0) is 18.9 Å². The lowest BCUT2D eigenvalue weighted by Gasteiger charge is -2.22. The summed E-state index contributed by atoms with van der Waals surface area (Å²) in [5, 5.41) is 15.4. The first-order valence-electron chi connectivity index (χ1n) is 4.07. The van der Waals surface area contributed by atoms with E-state index in [2.05, 4.69) is 14.1 Å². The van der Waals surface area contributed by atoms with E-state index < -0.39 is 28.7 Å². The molecule has 0 aliphatic rings. The van der Waals surface area contributed by atoms with Crippen LogP contribution in [0.25, 0.3) is 0 Å². The van der Waals surface area contributed by atoms with Crippen molar-refractivity contribution in [1.29, 1.82) is 0 Å². The van der Waals surface area contributed by atoms with Crippen LogP contribution in [0.4, 0.5) is 8.78 Å². The molecule has 0 radical (unpaired) electrons. The molecule has 0 unspecified atom stereocenters. The Labute approximate surface area is 94.5 Å². The van der Waals surface area contributed by atoms with Gasteiger partial charge in [-0.05, 0) is 0 Å². The van der Waals surface area contributed by atoms with Gasteiger partial charge in [0.15, 0.2) is 0 Å². The molecule has 0 spiro atoms. The van der Waals surface area contributed by atoms with Crippen LogP contribution in [-0.4, -0.2) is 34.8 Å². The molecule has 0 atom stereocenters. The van der Waals surface area contributed by atoms with E-state index in [9.17, 15) is 13.6 Å². The number of hydrogen-bond acceptors (Lipinski definition) is 7. The fraction of sp³-hybridized carbons (Fsp3) is 0.857. The van der Waals surface area contributed by atoms with Crippen molar-refractivity contribution in [2.45, 2.75) is 19.1 Å². The Balaban J connectivity index is 4.14. The van der Waals surface area contributed by atoms with Crippen LogP contribution in [0.1, 0.15) is 13.8 Å². The lowest BCUT2D eigenvalue weighted by molar-refractivity contribution is -0.433. The van der Waals surface area contributed by atoms with E-state index in [0.29, 0.717) is 0 Å². The Bertz CT molecular complexity index is 235. The molecule has 0 saturated carbocycles. The maximum Gasteiger partial charge on any atom is 0.415 e. The van der Waals surface area contributed by atoms with Crippen LogP contribution in [0.2, 0.25) is 0 Å². The average molecular weight is 262 g/mol. The average Bonchev–Trinajstić information content (AvgIpc) is 2.23. The summed E-state index contributed by atoms with van der Waals surface area (Å²) in [7, 11) is 0. The third-order valence-corrected chi connectivity index (χ3v) is 1.93. The van der Waals surface area contributed by atoms with Crippen molar-refractivity contribution in [3.8, 4) is 0 Å². The minimum absolute atomic E-state index is 0.324. The third kappa shape index (κ3) is 5.56. The standard InChI is InChI=1S/C7H12F2O6S/c1-6(2,3-10)4-13-5(11)7(8,9)16-15-14-12/h10,12H,3-4H2,1-2H3. The molecule has 0 bridgehead atoms. The molecule has 0 fully saturated rings. The van der Waals surface area contributed by atoms with E-state index in [-0.39, 0.29) is 13.2 Å². The Morgan fingerprint density at radius 1 is 1.44 bits per heavy atom. The highest BCUT2D eigenvalue weighted by atomic mass is 32.2. The lowest BCUT2D eigenvalue weighted by atomic mass is 9.97. The molecule has 96 valence electrons. The molecule has 16 heavy (non-hydrogen) atoms. The molecular formula is C7H12F2O6S. The number of aliphatic hydroxyl groups excluding tert-OH is 1. The number of carbonyl (C=O) groups is 1. The number of rotatable bonds is 7. The Morgan fingerprint density at radius 2 is 2.00 bits per heavy atom. The maximum atomic E-state index is 12.8. The van der Waals surface area contributed by atoms with E-state index >= 15 is 0 Å². The monoisotopic (exact) mass is 262 g/mol. The zero-order valence-electron chi connectivity index (χ0n) is 8.61. The van der Waals surface area contributed by atoms with Crippen molar-refractivity contribution < 1.29 is 38.0 Å². The van der Waals surface area contributed by atoms with Crippen molar-refractivity contribution >= 4 is 18.0 Å². The summed E-state index contributed by atoms with van der Waals surface area (Å²) in [6, 6.07) is 0. The van der Waals surface area contributed by atoms with Crippen LogP contribution in [0.5, 0.6) is 0 Å². The summed E-state index contributed by atoms with van der Waals surface area (Å²) in [5.41, 5.74) is -0.815. The van der Waals surface area contributed by atoms with Crippen LogP contribution in [0.3, 0.4) is 0 Å². The van der Waals surface area contributed by atoms with Gasteiger partial charge in [-0.15, -0.1) is 4.33 Å². The minimum atomic E-state index is -4.01. The molecule has 0 amide bonds. The van der Waals surface area contributed by atoms with Gasteiger partial charge in [0.05, 0.1) is 13.2 Å². The molecule has 0 saturated heterocycles. The van der Waals surface area contributed by atoms with Crippen LogP contribution in [0, 0.1) is 5.41 Å². The molecule has 0 aromatic heterocycles. The predicted molar refractivity (Wildman–Crippen MR) is 49.2 cm³/mol. The van der Waals surface area contributed by atoms with Gasteiger partial charge in [-0.1, -0.05) is 18.9 Å². The van der Waals surface area contributed by atoms with E-state index in [0.717, 1.165) is 0 Å². The summed E-state index contributed by atoms with van der Waals surface area (Å²) in [4.78, 5) is 10.8. The molecule has 0 aromatic rings. The van der Waals surface area contributed by atoms with Crippen molar-refractivity contribution in [3.63, 3.8) is 0 Å². The minimum Gasteiger partial charge on any atom is -0.460 e. The van der Waals surface area contributed by atoms with Gasteiger partial charge in [0, 0.05) is 5.41 Å². The van der Waals surface area contributed by atoms with Crippen LogP contribution in [0.15, 0.2) is 0 Å². The Kier molecular flexibility index (Phi) is 6.11. The largest absolute Gasteiger partial charge is 0.460 e. The van der Waals surface area contributed by atoms with Crippen molar-refractivity contribution in [2.24, 2.45) is 5.41 Å². The van der Waals surface area contributed by atoms with E-state index in [1.807, 2.05) is 0 Å². The summed E-state index contributed by atoms with van der Waals surface area (Å²) in [6.07, 6.45) is 0. The predicted octanol–water partition coefficient (Wildman–Crippen LogP) is 1.21. The first-order chi connectivity index (χ1) is 7.25. The van der Waals surface area contributed by atoms with Gasteiger partial charge < -0.3 is 9.84 Å². The first-order valence-corrected chi connectivity index (χ1v) is 4.81. The second kappa shape index (κ2) is 6.30. The number of carbonyl (C=O) groups excluding carboxylic acids is 1. The number of aliphatic hydroxyl groups is 1. The molecule has 6 nitrogen and oxygen atoms in total. The van der Waals surface area contributed by atoms with Gasteiger partial charge in [0.25, 0.3) is 0 Å². The lowest BCUT2D eigenvalue weighted by Crippen LogP contribution is -2.32. The van der Waals surface area contributed by atoms with Crippen LogP contribution >= 0.6 is 12.0 Å². The Morgan fingerprint density at radius 3 is 2.44 bits per heavy atom. The molecule has 0 aliphatic carbocycles. The first kappa shape index (κ1) is 15.5. The van der Waals surface area contributed by atoms with Crippen molar-refractivity contribution in [3.05, 3.63) is 0 Å². The third-order valence-electron chi connectivity index (χ3n) is 1.43. The van der Waals surface area contributed by atoms with E-state index in [1.54, 1.807) is 0 Å². The van der Waals surface area contributed by atoms with Gasteiger partial charge >= 0.3 is 11.2 Å². The van der Waals surface area contributed by atoms with E-state index in [4.69, 9.17) is 10.4 Å². The quantitative estimate of drug-likeness (QED) is 0.308. The fourth-order valence-corrected chi connectivity index (χ4v) is 0.725. The van der Waals surface area contributed by atoms with Gasteiger partial charge in [-0.3, -0.25) is 0 Å². The summed E-state index contributed by atoms with van der Waals surface area (Å²) in [6.45, 7) is 2.35. The normalized spacial score (nSPS) is 12.6. The molecule has 2 N–H and O–H groups in total. The fourth-order valence-electron chi connectivity index (χ4n) is 0.483. The number of alkyl halides is 2. The highest BCUT2D eigenvalue weighted by Gasteiger charge is 2.44. The second-order valence-corrected chi connectivity index (χ2v) is 4.46. The Hall–Kier alpha value is -0.480. The topological polar surface area (TPSA) is 85.2 Å². The molecule has 9 heteroatoms. The molecule has 0 heterocycles. The highest BCUT2D eigenvalue weighted by molar-refractivity contribution is 7.96. The van der Waals surface area contributed by atoms with Crippen LogP contribution < -0.4 is 0 Å². The van der Waals surface area contributed by atoms with E-state index in [1.165, 1.54) is 13.8 Å². The summed E-state index contributed by atoms with van der Waals surface area (Å²) in [5.74, 6) is -1.85. The maximum absolute atomic E-state index is 12.8. The van der Waals surface area contributed by atoms with Gasteiger partial charge in [-0.2, -0.15) is 8.78 Å². The summed E-state index contributed by atoms with van der Waals surface area (Å²) >= 11 is -0.698. The zero-order valence-corrected chi connectivity index (χ0v) is 9.42. The number of halogens is 2. The number of ether oxygens (including phenoxy) is 1. The number of esters is 1. The van der Waals surface area contributed by atoms with Gasteiger partial charge in [0.2, 0.25) is 0 Å². The molecule has 0 aromatic carbocycles. The molecule has 0 aliphatic heterocycles. The molecular weight excluding hydrogens is 250 g/mol. The molecule has 0 rings (SSSR count). The van der Waals surface area contributed by atoms with Crippen molar-refractivity contribution in [2.75, 3.05) is 13.2 Å².